The quantitative estimate of drug-likeness (QED) is 0.535. The Morgan fingerprint density at radius 2 is 1.92 bits per heavy atom. The fraction of sp³-hybridized carbons (Fsp3) is 0.222. The van der Waals surface area contributed by atoms with Crippen LogP contribution in [-0.4, -0.2) is 40.7 Å². The number of ketones is 1. The van der Waals surface area contributed by atoms with E-state index in [1.807, 2.05) is 0 Å². The third kappa shape index (κ3) is 3.34. The lowest BCUT2D eigenvalue weighted by Gasteiger charge is -2.06. The second kappa shape index (κ2) is 7.22. The third-order valence-corrected chi connectivity index (χ3v) is 3.94. The molecule has 2 aromatic heterocycles. The molecule has 0 unspecified atom stereocenters. The molecule has 8 heteroatoms. The van der Waals surface area contributed by atoms with E-state index in [2.05, 4.69) is 15.2 Å². The van der Waals surface area contributed by atoms with Gasteiger partial charge in [0, 0.05) is 11.3 Å². The average Bonchev–Trinajstić information content (AvgIpc) is 3.28. The number of ether oxygens (including phenoxy) is 2. The van der Waals surface area contributed by atoms with Crippen LogP contribution in [0.25, 0.3) is 11.5 Å². The fourth-order valence-electron chi connectivity index (χ4n) is 2.65. The second-order valence-electron chi connectivity index (χ2n) is 5.60. The SMILES string of the molecule is COC(=O)c1c(C)[nH]c(C(=O)COc2ccc(-c3nnco3)cc2)c1C. The predicted octanol–water partition coefficient (Wildman–Crippen LogP) is 2.73. The molecule has 1 aromatic carbocycles. The van der Waals surface area contributed by atoms with E-state index in [1.165, 1.54) is 13.5 Å². The van der Waals surface area contributed by atoms with Gasteiger partial charge in [0.1, 0.15) is 5.75 Å². The van der Waals surface area contributed by atoms with Crippen molar-refractivity contribution < 1.29 is 23.5 Å². The number of aromatic nitrogens is 3. The molecule has 0 saturated heterocycles. The minimum Gasteiger partial charge on any atom is -0.485 e. The van der Waals surface area contributed by atoms with E-state index in [-0.39, 0.29) is 12.4 Å². The Balaban J connectivity index is 1.68. The summed E-state index contributed by atoms with van der Waals surface area (Å²) < 4.78 is 15.4. The van der Waals surface area contributed by atoms with Crippen molar-refractivity contribution in [3.05, 3.63) is 53.2 Å². The van der Waals surface area contributed by atoms with E-state index < -0.39 is 5.97 Å². The highest BCUT2D eigenvalue weighted by molar-refractivity contribution is 6.02. The number of nitrogens with zero attached hydrogens (tertiary/aromatic N) is 2. The highest BCUT2D eigenvalue weighted by Gasteiger charge is 2.22. The summed E-state index contributed by atoms with van der Waals surface area (Å²) in [5, 5.41) is 7.44. The van der Waals surface area contributed by atoms with Gasteiger partial charge in [-0.25, -0.2) is 4.79 Å². The summed E-state index contributed by atoms with van der Waals surface area (Å²) >= 11 is 0. The number of nitrogens with one attached hydrogen (secondary N) is 1. The number of H-pyrrole nitrogens is 1. The summed E-state index contributed by atoms with van der Waals surface area (Å²) in [6, 6.07) is 6.93. The Kier molecular flexibility index (Phi) is 4.83. The van der Waals surface area contributed by atoms with Crippen LogP contribution in [0.15, 0.2) is 35.1 Å². The number of hydrogen-bond acceptors (Lipinski definition) is 7. The van der Waals surface area contributed by atoms with Crippen LogP contribution in [-0.2, 0) is 4.74 Å². The molecule has 26 heavy (non-hydrogen) atoms. The Morgan fingerprint density at radius 1 is 1.19 bits per heavy atom. The van der Waals surface area contributed by atoms with Gasteiger partial charge in [-0.05, 0) is 43.7 Å². The van der Waals surface area contributed by atoms with Crippen molar-refractivity contribution >= 4 is 11.8 Å². The third-order valence-electron chi connectivity index (χ3n) is 3.94. The highest BCUT2D eigenvalue weighted by atomic mass is 16.5. The predicted molar refractivity (Wildman–Crippen MR) is 91.2 cm³/mol. The number of carbonyl (C=O) groups excluding carboxylic acids is 2. The Morgan fingerprint density at radius 3 is 2.54 bits per heavy atom. The summed E-state index contributed by atoms with van der Waals surface area (Å²) in [7, 11) is 1.30. The van der Waals surface area contributed by atoms with Gasteiger partial charge in [-0.1, -0.05) is 0 Å². The van der Waals surface area contributed by atoms with Crippen LogP contribution in [0.3, 0.4) is 0 Å². The standard InChI is InChI=1S/C18H17N3O5/c1-10-15(18(23)24-3)11(2)20-16(10)14(22)8-25-13-6-4-12(5-7-13)17-21-19-9-26-17/h4-7,9,20H,8H2,1-3H3. The molecule has 0 aliphatic rings. The van der Waals surface area contributed by atoms with Gasteiger partial charge < -0.3 is 18.9 Å². The number of aromatic amines is 1. The number of carbonyl (C=O) groups is 2. The highest BCUT2D eigenvalue weighted by Crippen LogP contribution is 2.22. The molecular formula is C18H17N3O5. The van der Waals surface area contributed by atoms with Crippen LogP contribution >= 0.6 is 0 Å². The molecule has 0 atom stereocenters. The Bertz CT molecular complexity index is 927. The normalized spacial score (nSPS) is 10.6. The van der Waals surface area contributed by atoms with Gasteiger partial charge in [-0.3, -0.25) is 4.79 Å². The smallest absolute Gasteiger partial charge is 0.339 e. The van der Waals surface area contributed by atoms with Crippen molar-refractivity contribution in [3.63, 3.8) is 0 Å². The zero-order valence-electron chi connectivity index (χ0n) is 14.5. The summed E-state index contributed by atoms with van der Waals surface area (Å²) in [4.78, 5) is 27.2. The molecule has 1 N–H and O–H groups in total. The molecule has 0 spiro atoms. The number of esters is 1. The molecule has 3 rings (SSSR count). The van der Waals surface area contributed by atoms with Crippen LogP contribution in [0.4, 0.5) is 0 Å². The first-order valence-electron chi connectivity index (χ1n) is 7.81. The van der Waals surface area contributed by atoms with E-state index in [0.717, 1.165) is 5.56 Å². The molecule has 0 aliphatic heterocycles. The number of benzene rings is 1. The molecular weight excluding hydrogens is 338 g/mol. The van der Waals surface area contributed by atoms with Gasteiger partial charge in [0.2, 0.25) is 18.1 Å². The molecule has 134 valence electrons. The zero-order chi connectivity index (χ0) is 18.7. The lowest BCUT2D eigenvalue weighted by atomic mass is 10.1. The number of aryl methyl sites for hydroxylation is 1. The van der Waals surface area contributed by atoms with Crippen molar-refractivity contribution in [1.29, 1.82) is 0 Å². The first kappa shape index (κ1) is 17.4. The van der Waals surface area contributed by atoms with Gasteiger partial charge in [0.25, 0.3) is 0 Å². The molecule has 0 aliphatic carbocycles. The fourth-order valence-corrected chi connectivity index (χ4v) is 2.65. The molecule has 3 aromatic rings. The van der Waals surface area contributed by atoms with E-state index in [1.54, 1.807) is 38.1 Å². The maximum Gasteiger partial charge on any atom is 0.339 e. The van der Waals surface area contributed by atoms with Crippen molar-refractivity contribution in [3.8, 4) is 17.2 Å². The topological polar surface area (TPSA) is 107 Å². The molecule has 0 fully saturated rings. The molecule has 0 amide bonds. The van der Waals surface area contributed by atoms with Gasteiger partial charge in [0.15, 0.2) is 6.61 Å². The minimum atomic E-state index is -0.479. The maximum absolute atomic E-state index is 12.4. The molecule has 0 radical (unpaired) electrons. The van der Waals surface area contributed by atoms with Gasteiger partial charge in [-0.15, -0.1) is 10.2 Å². The lowest BCUT2D eigenvalue weighted by Crippen LogP contribution is -2.13. The van der Waals surface area contributed by atoms with E-state index in [0.29, 0.717) is 34.2 Å². The summed E-state index contributed by atoms with van der Waals surface area (Å²) in [5.41, 5.74) is 2.60. The zero-order valence-corrected chi connectivity index (χ0v) is 14.5. The van der Waals surface area contributed by atoms with E-state index in [4.69, 9.17) is 13.9 Å². The number of methoxy groups -OCH3 is 1. The van der Waals surface area contributed by atoms with Crippen molar-refractivity contribution in [2.45, 2.75) is 13.8 Å². The minimum absolute atomic E-state index is 0.165. The molecule has 0 saturated carbocycles. The van der Waals surface area contributed by atoms with Crippen molar-refractivity contribution in [2.75, 3.05) is 13.7 Å². The Hall–Kier alpha value is -3.42. The summed E-state index contributed by atoms with van der Waals surface area (Å²) in [6.45, 7) is 3.25. The first-order chi connectivity index (χ1) is 12.5. The van der Waals surface area contributed by atoms with Gasteiger partial charge in [-0.2, -0.15) is 0 Å². The van der Waals surface area contributed by atoms with Crippen molar-refractivity contribution in [2.24, 2.45) is 0 Å². The summed E-state index contributed by atoms with van der Waals surface area (Å²) in [5.74, 6) is 0.186. The maximum atomic E-state index is 12.4. The monoisotopic (exact) mass is 355 g/mol. The van der Waals surface area contributed by atoms with Crippen LogP contribution in [0, 0.1) is 13.8 Å². The lowest BCUT2D eigenvalue weighted by molar-refractivity contribution is 0.0599. The Labute approximate surface area is 149 Å². The molecule has 2 heterocycles. The molecule has 0 bridgehead atoms. The van der Waals surface area contributed by atoms with Crippen LogP contribution in [0.2, 0.25) is 0 Å². The average molecular weight is 355 g/mol. The van der Waals surface area contributed by atoms with E-state index in [9.17, 15) is 9.59 Å². The number of Topliss-reactive ketones (excluding diaryl/α,β-unsaturated/α-hetero) is 1. The first-order valence-corrected chi connectivity index (χ1v) is 7.81. The van der Waals surface area contributed by atoms with Crippen LogP contribution in [0.5, 0.6) is 5.75 Å². The second-order valence-corrected chi connectivity index (χ2v) is 5.60. The summed E-state index contributed by atoms with van der Waals surface area (Å²) in [6.07, 6.45) is 1.25. The molecule has 8 nitrogen and oxygen atoms in total. The van der Waals surface area contributed by atoms with Crippen LogP contribution in [0.1, 0.15) is 32.1 Å². The van der Waals surface area contributed by atoms with E-state index >= 15 is 0 Å². The van der Waals surface area contributed by atoms with Crippen LogP contribution < -0.4 is 4.74 Å². The van der Waals surface area contributed by atoms with Gasteiger partial charge in [0.05, 0.1) is 18.4 Å². The number of hydrogen-bond donors (Lipinski definition) is 1. The number of rotatable bonds is 6. The van der Waals surface area contributed by atoms with Crippen molar-refractivity contribution in [1.82, 2.24) is 15.2 Å². The van der Waals surface area contributed by atoms with Gasteiger partial charge >= 0.3 is 5.97 Å². The largest absolute Gasteiger partial charge is 0.485 e.